The topological polar surface area (TPSA) is 41.6 Å². The van der Waals surface area contributed by atoms with Gasteiger partial charge in [-0.1, -0.05) is 23.8 Å². The van der Waals surface area contributed by atoms with Gasteiger partial charge in [0.05, 0.1) is 6.61 Å². The van der Waals surface area contributed by atoms with Crippen LogP contribution in [0, 0.1) is 13.8 Å². The summed E-state index contributed by atoms with van der Waals surface area (Å²) in [6.07, 6.45) is 1.80. The van der Waals surface area contributed by atoms with Crippen LogP contribution in [-0.4, -0.2) is 36.7 Å². The van der Waals surface area contributed by atoms with Crippen LogP contribution in [0.5, 0.6) is 0 Å². The van der Waals surface area contributed by atoms with Crippen molar-refractivity contribution in [1.29, 1.82) is 0 Å². The highest BCUT2D eigenvalue weighted by Crippen LogP contribution is 2.14. The molecule has 1 fully saturated rings. The monoisotopic (exact) mass is 290 g/mol. The Balaban J connectivity index is 1.77. The van der Waals surface area contributed by atoms with E-state index in [4.69, 9.17) is 4.74 Å². The molecule has 0 atom stereocenters. The number of ether oxygens (including phenoxy) is 1. The van der Waals surface area contributed by atoms with Gasteiger partial charge in [-0.15, -0.1) is 0 Å². The van der Waals surface area contributed by atoms with Gasteiger partial charge in [0.2, 0.25) is 0 Å². The van der Waals surface area contributed by atoms with E-state index in [-0.39, 0.29) is 6.09 Å². The van der Waals surface area contributed by atoms with Crippen LogP contribution >= 0.6 is 0 Å². The van der Waals surface area contributed by atoms with Crippen molar-refractivity contribution in [3.63, 3.8) is 0 Å². The van der Waals surface area contributed by atoms with E-state index < -0.39 is 0 Å². The van der Waals surface area contributed by atoms with Crippen molar-refractivity contribution < 1.29 is 9.53 Å². The average Bonchev–Trinajstić information content (AvgIpc) is 2.47. The number of aryl methyl sites for hydroxylation is 2. The maximum atomic E-state index is 11.6. The quantitative estimate of drug-likeness (QED) is 0.927. The van der Waals surface area contributed by atoms with Gasteiger partial charge in [0.15, 0.2) is 0 Å². The van der Waals surface area contributed by atoms with Gasteiger partial charge in [-0.2, -0.15) is 0 Å². The predicted octanol–water partition coefficient (Wildman–Crippen LogP) is 3.01. The van der Waals surface area contributed by atoms with E-state index in [2.05, 4.69) is 37.4 Å². The Morgan fingerprint density at radius 2 is 2.05 bits per heavy atom. The first-order valence-corrected chi connectivity index (χ1v) is 7.81. The van der Waals surface area contributed by atoms with Crippen molar-refractivity contribution in [2.45, 2.75) is 46.2 Å². The highest BCUT2D eigenvalue weighted by Gasteiger charge is 2.23. The Bertz CT molecular complexity index is 480. The zero-order chi connectivity index (χ0) is 15.2. The molecule has 1 aromatic carbocycles. The summed E-state index contributed by atoms with van der Waals surface area (Å²) in [5, 5.41) is 3.61. The Hall–Kier alpha value is -1.55. The maximum Gasteiger partial charge on any atom is 0.409 e. The second kappa shape index (κ2) is 7.46. The number of benzene rings is 1. The zero-order valence-corrected chi connectivity index (χ0v) is 13.3. The fraction of sp³-hybridized carbons (Fsp3) is 0.588. The van der Waals surface area contributed by atoms with Crippen LogP contribution in [0.4, 0.5) is 4.79 Å². The van der Waals surface area contributed by atoms with E-state index >= 15 is 0 Å². The lowest BCUT2D eigenvalue weighted by Gasteiger charge is -2.31. The summed E-state index contributed by atoms with van der Waals surface area (Å²) in [4.78, 5) is 13.4. The summed E-state index contributed by atoms with van der Waals surface area (Å²) in [6.45, 7) is 9.03. The van der Waals surface area contributed by atoms with E-state index in [0.29, 0.717) is 12.6 Å². The Labute approximate surface area is 127 Å². The van der Waals surface area contributed by atoms with Crippen LogP contribution in [0.2, 0.25) is 0 Å². The van der Waals surface area contributed by atoms with Gasteiger partial charge in [-0.3, -0.25) is 0 Å². The molecule has 0 radical (unpaired) electrons. The van der Waals surface area contributed by atoms with Crippen molar-refractivity contribution in [3.05, 3.63) is 34.9 Å². The number of likely N-dealkylation sites (tertiary alicyclic amines) is 1. The highest BCUT2D eigenvalue weighted by molar-refractivity contribution is 5.67. The lowest BCUT2D eigenvalue weighted by atomic mass is 10.0. The number of carbonyl (C=O) groups is 1. The number of hydrogen-bond donors (Lipinski definition) is 1. The van der Waals surface area contributed by atoms with Crippen LogP contribution in [-0.2, 0) is 11.3 Å². The minimum atomic E-state index is -0.176. The number of piperidine rings is 1. The first kappa shape index (κ1) is 15.8. The molecule has 1 saturated heterocycles. The van der Waals surface area contributed by atoms with Crippen LogP contribution in [0.1, 0.15) is 36.5 Å². The summed E-state index contributed by atoms with van der Waals surface area (Å²) in [5.74, 6) is 0. The number of hydrogen-bond acceptors (Lipinski definition) is 3. The van der Waals surface area contributed by atoms with Gasteiger partial charge >= 0.3 is 6.09 Å². The first-order chi connectivity index (χ1) is 10.1. The van der Waals surface area contributed by atoms with Gasteiger partial charge in [0.25, 0.3) is 0 Å². The first-order valence-electron chi connectivity index (χ1n) is 7.81. The summed E-state index contributed by atoms with van der Waals surface area (Å²) in [5.41, 5.74) is 4.00. The molecule has 1 heterocycles. The molecule has 2 rings (SSSR count). The van der Waals surface area contributed by atoms with E-state index in [1.807, 2.05) is 6.92 Å². The van der Waals surface area contributed by atoms with E-state index in [1.165, 1.54) is 16.7 Å². The molecule has 4 nitrogen and oxygen atoms in total. The number of carbonyl (C=O) groups excluding carboxylic acids is 1. The normalized spacial score (nSPS) is 16.0. The summed E-state index contributed by atoms with van der Waals surface area (Å²) in [6, 6.07) is 7.07. The van der Waals surface area contributed by atoms with Crippen LogP contribution in [0.25, 0.3) is 0 Å². The van der Waals surface area contributed by atoms with Crippen molar-refractivity contribution >= 4 is 6.09 Å². The van der Waals surface area contributed by atoms with Crippen LogP contribution in [0.15, 0.2) is 18.2 Å². The molecular formula is C17H26N2O2. The van der Waals surface area contributed by atoms with Gasteiger partial charge < -0.3 is 15.0 Å². The van der Waals surface area contributed by atoms with Gasteiger partial charge in [0.1, 0.15) is 0 Å². The molecule has 1 aliphatic heterocycles. The summed E-state index contributed by atoms with van der Waals surface area (Å²) < 4.78 is 5.04. The largest absolute Gasteiger partial charge is 0.450 e. The molecule has 1 N–H and O–H groups in total. The second-order valence-electron chi connectivity index (χ2n) is 5.77. The number of nitrogens with zero attached hydrogens (tertiary/aromatic N) is 1. The lowest BCUT2D eigenvalue weighted by Crippen LogP contribution is -2.44. The van der Waals surface area contributed by atoms with Crippen molar-refractivity contribution in [1.82, 2.24) is 10.2 Å². The number of amides is 1. The maximum absolute atomic E-state index is 11.6. The van der Waals surface area contributed by atoms with Crippen LogP contribution in [0.3, 0.4) is 0 Å². The number of rotatable bonds is 4. The molecule has 0 unspecified atom stereocenters. The van der Waals surface area contributed by atoms with Crippen LogP contribution < -0.4 is 5.32 Å². The van der Waals surface area contributed by atoms with E-state index in [0.717, 1.165) is 32.5 Å². The Morgan fingerprint density at radius 1 is 1.33 bits per heavy atom. The Kier molecular flexibility index (Phi) is 5.62. The molecule has 1 aliphatic rings. The average molecular weight is 290 g/mol. The number of nitrogens with one attached hydrogen (secondary N) is 1. The van der Waals surface area contributed by atoms with Gasteiger partial charge in [-0.25, -0.2) is 4.79 Å². The molecule has 0 saturated carbocycles. The fourth-order valence-electron chi connectivity index (χ4n) is 2.78. The van der Waals surface area contributed by atoms with Gasteiger partial charge in [0, 0.05) is 25.7 Å². The Morgan fingerprint density at radius 3 is 2.67 bits per heavy atom. The molecular weight excluding hydrogens is 264 g/mol. The third-order valence-electron chi connectivity index (χ3n) is 4.10. The molecule has 0 bridgehead atoms. The SMILES string of the molecule is CCOC(=O)N1CCC(NCc2ccc(C)cc2C)CC1. The van der Waals surface area contributed by atoms with Crippen molar-refractivity contribution in [3.8, 4) is 0 Å². The fourth-order valence-corrected chi connectivity index (χ4v) is 2.78. The molecule has 1 amide bonds. The predicted molar refractivity (Wildman–Crippen MR) is 84.4 cm³/mol. The molecule has 116 valence electrons. The standard InChI is InChI=1S/C17H26N2O2/c1-4-21-17(20)19-9-7-16(8-10-19)18-12-15-6-5-13(2)11-14(15)3/h5-6,11,16,18H,4,7-10,12H2,1-3H3. The zero-order valence-electron chi connectivity index (χ0n) is 13.3. The molecule has 1 aromatic rings. The summed E-state index contributed by atoms with van der Waals surface area (Å²) in [7, 11) is 0. The van der Waals surface area contributed by atoms with E-state index in [1.54, 1.807) is 4.90 Å². The molecule has 21 heavy (non-hydrogen) atoms. The molecule has 0 aromatic heterocycles. The second-order valence-corrected chi connectivity index (χ2v) is 5.77. The summed E-state index contributed by atoms with van der Waals surface area (Å²) >= 11 is 0. The third kappa shape index (κ3) is 4.46. The smallest absolute Gasteiger partial charge is 0.409 e. The van der Waals surface area contributed by atoms with E-state index in [9.17, 15) is 4.79 Å². The molecule has 4 heteroatoms. The van der Waals surface area contributed by atoms with Crippen molar-refractivity contribution in [2.75, 3.05) is 19.7 Å². The van der Waals surface area contributed by atoms with Crippen molar-refractivity contribution in [2.24, 2.45) is 0 Å². The third-order valence-corrected chi connectivity index (χ3v) is 4.10. The lowest BCUT2D eigenvalue weighted by molar-refractivity contribution is 0.0950. The molecule has 0 spiro atoms. The molecule has 0 aliphatic carbocycles. The highest BCUT2D eigenvalue weighted by atomic mass is 16.6. The minimum Gasteiger partial charge on any atom is -0.450 e. The van der Waals surface area contributed by atoms with Gasteiger partial charge in [-0.05, 0) is 44.7 Å². The minimum absolute atomic E-state index is 0.176.